The quantitative estimate of drug-likeness (QED) is 0.860. The molecule has 0 fully saturated rings. The molecule has 0 saturated heterocycles. The number of rotatable bonds is 6. The number of hydrogen-bond acceptors (Lipinski definition) is 3. The third-order valence-electron chi connectivity index (χ3n) is 3.00. The molecule has 0 saturated carbocycles. The van der Waals surface area contributed by atoms with Crippen LogP contribution in [0.25, 0.3) is 5.69 Å². The van der Waals surface area contributed by atoms with Crippen molar-refractivity contribution in [2.45, 2.75) is 20.4 Å². The first-order valence-corrected chi connectivity index (χ1v) is 7.20. The number of amides is 1. The van der Waals surface area contributed by atoms with Crippen molar-refractivity contribution >= 4 is 17.5 Å². The van der Waals surface area contributed by atoms with Gasteiger partial charge in [0.25, 0.3) is 5.91 Å². The molecule has 0 bridgehead atoms. The Morgan fingerprint density at radius 3 is 2.81 bits per heavy atom. The maximum Gasteiger partial charge on any atom is 0.269 e. The van der Waals surface area contributed by atoms with Gasteiger partial charge in [0, 0.05) is 17.8 Å². The van der Waals surface area contributed by atoms with E-state index in [-0.39, 0.29) is 5.69 Å². The summed E-state index contributed by atoms with van der Waals surface area (Å²) >= 11 is 6.07. The Labute approximate surface area is 129 Å². The average Bonchev–Trinajstić information content (AvgIpc) is 2.88. The van der Waals surface area contributed by atoms with Crippen LogP contribution in [0.3, 0.4) is 0 Å². The van der Waals surface area contributed by atoms with Crippen LogP contribution in [0.4, 0.5) is 0 Å². The minimum Gasteiger partial charge on any atom is -0.364 e. The lowest BCUT2D eigenvalue weighted by Gasteiger charge is -2.12. The van der Waals surface area contributed by atoms with E-state index < -0.39 is 5.91 Å². The summed E-state index contributed by atoms with van der Waals surface area (Å²) in [7, 11) is 0. The van der Waals surface area contributed by atoms with E-state index in [0.29, 0.717) is 17.5 Å². The second-order valence-electron chi connectivity index (χ2n) is 5.31. The first-order chi connectivity index (χ1) is 9.97. The van der Waals surface area contributed by atoms with Crippen LogP contribution in [-0.2, 0) is 6.54 Å². The van der Waals surface area contributed by atoms with E-state index in [1.807, 2.05) is 12.1 Å². The number of aromatic nitrogens is 2. The molecule has 0 atom stereocenters. The Bertz CT molecular complexity index is 636. The largest absolute Gasteiger partial charge is 0.364 e. The standard InChI is InChI=1S/C15H19ClN4O/c1-10(2)8-18-9-11-7-12(16)3-4-14(11)20-6-5-13(19-20)15(17)21/h3-7,10,18H,8-9H2,1-2H3,(H2,17,21). The van der Waals surface area contributed by atoms with Crippen molar-refractivity contribution < 1.29 is 4.79 Å². The second kappa shape index (κ2) is 6.74. The molecule has 0 aliphatic carbocycles. The van der Waals surface area contributed by atoms with Crippen LogP contribution in [0, 0.1) is 5.92 Å². The topological polar surface area (TPSA) is 72.9 Å². The molecular weight excluding hydrogens is 288 g/mol. The molecule has 1 heterocycles. The minimum atomic E-state index is -0.540. The monoisotopic (exact) mass is 306 g/mol. The first-order valence-electron chi connectivity index (χ1n) is 6.82. The Hall–Kier alpha value is -1.85. The highest BCUT2D eigenvalue weighted by atomic mass is 35.5. The molecule has 2 aromatic rings. The number of benzene rings is 1. The number of nitrogens with two attached hydrogens (primary N) is 1. The molecule has 0 spiro atoms. The van der Waals surface area contributed by atoms with E-state index in [1.54, 1.807) is 23.0 Å². The van der Waals surface area contributed by atoms with Gasteiger partial charge in [-0.25, -0.2) is 4.68 Å². The summed E-state index contributed by atoms with van der Waals surface area (Å²) in [6.45, 7) is 5.90. The van der Waals surface area contributed by atoms with E-state index in [1.165, 1.54) is 0 Å². The van der Waals surface area contributed by atoms with Crippen molar-refractivity contribution in [2.24, 2.45) is 11.7 Å². The smallest absolute Gasteiger partial charge is 0.269 e. The van der Waals surface area contributed by atoms with Crippen LogP contribution in [0.15, 0.2) is 30.5 Å². The first kappa shape index (κ1) is 15.5. The normalized spacial score (nSPS) is 11.0. The molecule has 6 heteroatoms. The van der Waals surface area contributed by atoms with Gasteiger partial charge >= 0.3 is 0 Å². The lowest BCUT2D eigenvalue weighted by Crippen LogP contribution is -2.20. The number of nitrogens with one attached hydrogen (secondary N) is 1. The SMILES string of the molecule is CC(C)CNCc1cc(Cl)ccc1-n1ccc(C(N)=O)n1. The van der Waals surface area contributed by atoms with Gasteiger partial charge in [-0.05, 0) is 42.3 Å². The Morgan fingerprint density at radius 1 is 1.43 bits per heavy atom. The van der Waals surface area contributed by atoms with Crippen LogP contribution < -0.4 is 11.1 Å². The molecule has 5 nitrogen and oxygen atoms in total. The summed E-state index contributed by atoms with van der Waals surface area (Å²) in [6.07, 6.45) is 1.72. The number of primary amides is 1. The zero-order chi connectivity index (χ0) is 15.4. The van der Waals surface area contributed by atoms with Gasteiger partial charge in [-0.1, -0.05) is 25.4 Å². The summed E-state index contributed by atoms with van der Waals surface area (Å²) in [5.74, 6) is 0.0287. The number of nitrogens with zero attached hydrogens (tertiary/aromatic N) is 2. The third-order valence-corrected chi connectivity index (χ3v) is 3.23. The molecule has 1 aromatic heterocycles. The second-order valence-corrected chi connectivity index (χ2v) is 5.74. The molecule has 1 aromatic carbocycles. The predicted molar refractivity (Wildman–Crippen MR) is 83.6 cm³/mol. The van der Waals surface area contributed by atoms with E-state index in [2.05, 4.69) is 24.3 Å². The number of hydrogen-bond donors (Lipinski definition) is 2. The lowest BCUT2D eigenvalue weighted by atomic mass is 10.1. The van der Waals surface area contributed by atoms with Crippen molar-refractivity contribution in [2.75, 3.05) is 6.54 Å². The van der Waals surface area contributed by atoms with Gasteiger partial charge in [-0.2, -0.15) is 5.10 Å². The fourth-order valence-electron chi connectivity index (χ4n) is 2.00. The van der Waals surface area contributed by atoms with Gasteiger partial charge in [0.2, 0.25) is 0 Å². The third kappa shape index (κ3) is 4.06. The summed E-state index contributed by atoms with van der Waals surface area (Å²) in [5, 5.41) is 8.23. The molecule has 0 aliphatic heterocycles. The van der Waals surface area contributed by atoms with Crippen molar-refractivity contribution in [1.29, 1.82) is 0 Å². The van der Waals surface area contributed by atoms with Gasteiger partial charge in [-0.3, -0.25) is 4.79 Å². The summed E-state index contributed by atoms with van der Waals surface area (Å²) in [6, 6.07) is 7.18. The number of carbonyl (C=O) groups is 1. The van der Waals surface area contributed by atoms with E-state index in [0.717, 1.165) is 17.8 Å². The van der Waals surface area contributed by atoms with Gasteiger partial charge in [0.1, 0.15) is 5.69 Å². The molecule has 3 N–H and O–H groups in total. The molecule has 112 valence electrons. The fraction of sp³-hybridized carbons (Fsp3) is 0.333. The van der Waals surface area contributed by atoms with Crippen LogP contribution >= 0.6 is 11.6 Å². The van der Waals surface area contributed by atoms with Gasteiger partial charge in [0.05, 0.1) is 5.69 Å². The number of halogens is 1. The summed E-state index contributed by atoms with van der Waals surface area (Å²) < 4.78 is 1.64. The lowest BCUT2D eigenvalue weighted by molar-refractivity contribution is 0.0995. The van der Waals surface area contributed by atoms with Crippen LogP contribution in [0.1, 0.15) is 29.9 Å². The van der Waals surface area contributed by atoms with Gasteiger partial charge < -0.3 is 11.1 Å². The molecule has 0 radical (unpaired) electrons. The van der Waals surface area contributed by atoms with Crippen LogP contribution in [0.5, 0.6) is 0 Å². The van der Waals surface area contributed by atoms with E-state index >= 15 is 0 Å². The zero-order valence-corrected chi connectivity index (χ0v) is 12.9. The van der Waals surface area contributed by atoms with Crippen LogP contribution in [-0.4, -0.2) is 22.2 Å². The summed E-state index contributed by atoms with van der Waals surface area (Å²) in [4.78, 5) is 11.1. The van der Waals surface area contributed by atoms with Gasteiger partial charge in [0.15, 0.2) is 0 Å². The fourth-order valence-corrected chi connectivity index (χ4v) is 2.20. The van der Waals surface area contributed by atoms with Crippen molar-refractivity contribution in [3.63, 3.8) is 0 Å². The van der Waals surface area contributed by atoms with E-state index in [9.17, 15) is 4.79 Å². The van der Waals surface area contributed by atoms with Gasteiger partial charge in [-0.15, -0.1) is 0 Å². The minimum absolute atomic E-state index is 0.242. The molecule has 1 amide bonds. The Morgan fingerprint density at radius 2 is 2.19 bits per heavy atom. The molecule has 21 heavy (non-hydrogen) atoms. The van der Waals surface area contributed by atoms with Crippen molar-refractivity contribution in [3.05, 3.63) is 46.7 Å². The maximum absolute atomic E-state index is 11.1. The highest BCUT2D eigenvalue weighted by Gasteiger charge is 2.10. The highest BCUT2D eigenvalue weighted by molar-refractivity contribution is 6.30. The van der Waals surface area contributed by atoms with Crippen LogP contribution in [0.2, 0.25) is 5.02 Å². The number of carbonyl (C=O) groups excluding carboxylic acids is 1. The molecular formula is C15H19ClN4O. The predicted octanol–water partition coefficient (Wildman–Crippen LogP) is 2.37. The maximum atomic E-state index is 11.1. The Kier molecular flexibility index (Phi) is 4.98. The van der Waals surface area contributed by atoms with E-state index in [4.69, 9.17) is 17.3 Å². The molecule has 0 unspecified atom stereocenters. The summed E-state index contributed by atoms with van der Waals surface area (Å²) in [5.41, 5.74) is 7.37. The molecule has 2 rings (SSSR count). The Balaban J connectivity index is 2.26. The van der Waals surface area contributed by atoms with Crippen molar-refractivity contribution in [1.82, 2.24) is 15.1 Å². The van der Waals surface area contributed by atoms with Crippen molar-refractivity contribution in [3.8, 4) is 5.69 Å². The zero-order valence-electron chi connectivity index (χ0n) is 12.1. The average molecular weight is 307 g/mol. The molecule has 0 aliphatic rings. The highest BCUT2D eigenvalue weighted by Crippen LogP contribution is 2.19.